The van der Waals surface area contributed by atoms with E-state index >= 15 is 0 Å². The minimum Gasteiger partial charge on any atom is -0.367 e. The summed E-state index contributed by atoms with van der Waals surface area (Å²) in [6.07, 6.45) is 5.10. The Labute approximate surface area is 167 Å². The van der Waals surface area contributed by atoms with Crippen molar-refractivity contribution in [1.29, 1.82) is 0 Å². The van der Waals surface area contributed by atoms with Crippen molar-refractivity contribution in [1.82, 2.24) is 30.0 Å². The average molecular weight is 388 g/mol. The van der Waals surface area contributed by atoms with Crippen LogP contribution < -0.4 is 16.0 Å². The molecule has 0 spiro atoms. The second-order valence-corrected chi connectivity index (χ2v) is 6.31. The summed E-state index contributed by atoms with van der Waals surface area (Å²) in [6, 6.07) is 15.1. The van der Waals surface area contributed by atoms with Gasteiger partial charge in [0.1, 0.15) is 12.4 Å². The van der Waals surface area contributed by atoms with Crippen molar-refractivity contribution in [3.8, 4) is 0 Å². The largest absolute Gasteiger partial charge is 0.367 e. The fraction of sp³-hybridized carbons (Fsp3) is 0.150. The van der Waals surface area contributed by atoms with Gasteiger partial charge in [-0.1, -0.05) is 12.1 Å². The van der Waals surface area contributed by atoms with E-state index < -0.39 is 0 Å². The summed E-state index contributed by atoms with van der Waals surface area (Å²) in [4.78, 5) is 20.5. The maximum Gasteiger partial charge on any atom is 0.240 e. The number of carbonyl (C=O) groups is 1. The van der Waals surface area contributed by atoms with E-state index in [-0.39, 0.29) is 12.5 Å². The van der Waals surface area contributed by atoms with Gasteiger partial charge in [-0.2, -0.15) is 0 Å². The molecule has 9 heteroatoms. The second-order valence-electron chi connectivity index (χ2n) is 6.31. The van der Waals surface area contributed by atoms with Crippen LogP contribution in [0.1, 0.15) is 0 Å². The van der Waals surface area contributed by atoms with Crippen LogP contribution in [0, 0.1) is 0 Å². The van der Waals surface area contributed by atoms with Crippen LogP contribution in [-0.2, 0) is 11.3 Å². The maximum absolute atomic E-state index is 12.2. The molecule has 4 aromatic rings. The molecule has 0 aliphatic carbocycles. The molecule has 1 aromatic carbocycles. The Kier molecular flexibility index (Phi) is 5.56. The molecule has 0 saturated carbocycles. The number of fused-ring (bicyclic) bond motifs is 1. The van der Waals surface area contributed by atoms with Crippen LogP contribution in [0.25, 0.3) is 11.0 Å². The average Bonchev–Trinajstić information content (AvgIpc) is 3.16. The Morgan fingerprint density at radius 2 is 1.83 bits per heavy atom. The molecule has 0 radical (unpaired) electrons. The van der Waals surface area contributed by atoms with Gasteiger partial charge in [0, 0.05) is 19.3 Å². The first-order valence-electron chi connectivity index (χ1n) is 9.19. The number of hydrogen-bond acceptors (Lipinski definition) is 7. The smallest absolute Gasteiger partial charge is 0.240 e. The van der Waals surface area contributed by atoms with E-state index in [1.54, 1.807) is 18.7 Å². The highest BCUT2D eigenvalue weighted by Gasteiger charge is 2.06. The first-order chi connectivity index (χ1) is 14.3. The van der Waals surface area contributed by atoms with Gasteiger partial charge in [0.2, 0.25) is 5.91 Å². The van der Waals surface area contributed by atoms with Gasteiger partial charge in [-0.25, -0.2) is 4.98 Å². The van der Waals surface area contributed by atoms with E-state index in [9.17, 15) is 4.79 Å². The van der Waals surface area contributed by atoms with Crippen molar-refractivity contribution < 1.29 is 4.79 Å². The topological polar surface area (TPSA) is 110 Å². The number of aromatic nitrogens is 5. The number of nitrogens with one attached hydrogen (secondary N) is 3. The van der Waals surface area contributed by atoms with Crippen LogP contribution in [-0.4, -0.2) is 43.7 Å². The van der Waals surface area contributed by atoms with E-state index in [2.05, 4.69) is 36.1 Å². The number of benzene rings is 1. The number of hydrogen-bond donors (Lipinski definition) is 3. The van der Waals surface area contributed by atoms with Crippen LogP contribution in [0.15, 0.2) is 67.3 Å². The normalized spacial score (nSPS) is 10.6. The lowest BCUT2D eigenvalue weighted by molar-refractivity contribution is -0.121. The van der Waals surface area contributed by atoms with Gasteiger partial charge in [0.05, 0.1) is 29.2 Å². The molecule has 0 atom stereocenters. The van der Waals surface area contributed by atoms with Crippen molar-refractivity contribution in [2.24, 2.45) is 0 Å². The molecule has 146 valence electrons. The third-order valence-electron chi connectivity index (χ3n) is 4.19. The lowest BCUT2D eigenvalue weighted by atomic mass is 10.3. The number of rotatable bonds is 8. The summed E-state index contributed by atoms with van der Waals surface area (Å²) in [6.45, 7) is 1.25. The molecule has 0 aliphatic heterocycles. The van der Waals surface area contributed by atoms with Gasteiger partial charge in [-0.3, -0.25) is 9.78 Å². The molecular formula is C20H20N8O. The molecule has 3 N–H and O–H groups in total. The van der Waals surface area contributed by atoms with Crippen LogP contribution in [0.3, 0.4) is 0 Å². The second kappa shape index (κ2) is 8.79. The van der Waals surface area contributed by atoms with Gasteiger partial charge in [0.25, 0.3) is 0 Å². The van der Waals surface area contributed by atoms with E-state index in [0.717, 1.165) is 16.7 Å². The summed E-state index contributed by atoms with van der Waals surface area (Å²) in [5, 5.41) is 17.4. The van der Waals surface area contributed by atoms with Crippen molar-refractivity contribution in [3.05, 3.63) is 67.3 Å². The monoisotopic (exact) mass is 388 g/mol. The number of carbonyl (C=O) groups excluding carboxylic acids is 1. The van der Waals surface area contributed by atoms with E-state index in [4.69, 9.17) is 0 Å². The summed E-state index contributed by atoms with van der Waals surface area (Å²) >= 11 is 0. The predicted molar refractivity (Wildman–Crippen MR) is 111 cm³/mol. The van der Waals surface area contributed by atoms with E-state index in [1.165, 1.54) is 0 Å². The zero-order valence-corrected chi connectivity index (χ0v) is 15.6. The first kappa shape index (κ1) is 18.4. The maximum atomic E-state index is 12.2. The molecule has 3 aromatic heterocycles. The SMILES string of the molecule is O=C(Cn1cnc2ccccc21)NCCNc1ccc(Nc2cccnc2)nn1. The molecule has 0 bridgehead atoms. The Bertz CT molecular complexity index is 1080. The van der Waals surface area contributed by atoms with Gasteiger partial charge in [0.15, 0.2) is 5.82 Å². The number of imidazole rings is 1. The lowest BCUT2D eigenvalue weighted by Crippen LogP contribution is -2.31. The number of nitrogens with zero attached hydrogens (tertiary/aromatic N) is 5. The summed E-state index contributed by atoms with van der Waals surface area (Å²) < 4.78 is 1.83. The third kappa shape index (κ3) is 4.83. The zero-order valence-electron chi connectivity index (χ0n) is 15.6. The molecule has 3 heterocycles. The van der Waals surface area contributed by atoms with Gasteiger partial charge in [-0.15, -0.1) is 10.2 Å². The van der Waals surface area contributed by atoms with E-state index in [0.29, 0.717) is 24.7 Å². The quantitative estimate of drug-likeness (QED) is 0.397. The van der Waals surface area contributed by atoms with Gasteiger partial charge in [-0.05, 0) is 36.4 Å². The zero-order chi connectivity index (χ0) is 19.9. The highest BCUT2D eigenvalue weighted by molar-refractivity contribution is 5.80. The summed E-state index contributed by atoms with van der Waals surface area (Å²) in [5.41, 5.74) is 2.66. The Balaban J connectivity index is 1.20. The molecule has 9 nitrogen and oxygen atoms in total. The standard InChI is InChI=1S/C20H20N8O/c29-20(13-28-14-24-16-5-1-2-6-17(16)28)23-11-10-22-18-7-8-19(27-26-18)25-15-4-3-9-21-12-15/h1-9,12,14H,10-11,13H2,(H,22,26)(H,23,29)(H,25,27). The first-order valence-corrected chi connectivity index (χ1v) is 9.19. The van der Waals surface area contributed by atoms with Crippen molar-refractivity contribution in [2.45, 2.75) is 6.54 Å². The molecule has 0 saturated heterocycles. The highest BCUT2D eigenvalue weighted by atomic mass is 16.1. The van der Waals surface area contributed by atoms with Crippen molar-refractivity contribution in [3.63, 3.8) is 0 Å². The molecule has 4 rings (SSSR count). The number of para-hydroxylation sites is 2. The summed E-state index contributed by atoms with van der Waals surface area (Å²) in [5.74, 6) is 1.19. The fourth-order valence-electron chi connectivity index (χ4n) is 2.82. The van der Waals surface area contributed by atoms with Crippen molar-refractivity contribution >= 4 is 34.3 Å². The summed E-state index contributed by atoms with van der Waals surface area (Å²) in [7, 11) is 0. The van der Waals surface area contributed by atoms with Gasteiger partial charge < -0.3 is 20.5 Å². The predicted octanol–water partition coefficient (Wildman–Crippen LogP) is 2.19. The fourth-order valence-corrected chi connectivity index (χ4v) is 2.82. The molecule has 1 amide bonds. The van der Waals surface area contributed by atoms with Crippen LogP contribution in [0.2, 0.25) is 0 Å². The highest BCUT2D eigenvalue weighted by Crippen LogP contribution is 2.13. The minimum absolute atomic E-state index is 0.0722. The van der Waals surface area contributed by atoms with Crippen LogP contribution in [0.5, 0.6) is 0 Å². The Morgan fingerprint density at radius 1 is 0.966 bits per heavy atom. The van der Waals surface area contributed by atoms with Crippen LogP contribution in [0.4, 0.5) is 17.3 Å². The number of pyridine rings is 1. The molecule has 0 aliphatic rings. The number of anilines is 3. The number of amides is 1. The molecule has 0 fully saturated rings. The molecule has 29 heavy (non-hydrogen) atoms. The lowest BCUT2D eigenvalue weighted by Gasteiger charge is -2.09. The van der Waals surface area contributed by atoms with Crippen LogP contribution >= 0.6 is 0 Å². The van der Waals surface area contributed by atoms with E-state index in [1.807, 2.05) is 53.1 Å². The molecular weight excluding hydrogens is 368 g/mol. The third-order valence-corrected chi connectivity index (χ3v) is 4.19. The minimum atomic E-state index is -0.0722. The Hall–Kier alpha value is -4.01. The molecule has 0 unspecified atom stereocenters. The van der Waals surface area contributed by atoms with Gasteiger partial charge >= 0.3 is 0 Å². The van der Waals surface area contributed by atoms with Crippen molar-refractivity contribution in [2.75, 3.05) is 23.7 Å². The Morgan fingerprint density at radius 3 is 2.66 bits per heavy atom.